The molecular weight excluding hydrogens is 262 g/mol. The standard InChI is InChI=1S/C13H15N3O2S/c1-7-6-15-12(19-7)8(2)16-10-5-3-4-9(11(10)14)13(17)18/h3-6,8,16H,14H2,1-2H3,(H,17,18). The van der Waals surface area contributed by atoms with Gasteiger partial charge in [0.2, 0.25) is 0 Å². The molecule has 2 rings (SSSR count). The Balaban J connectivity index is 2.24. The zero-order chi connectivity index (χ0) is 14.0. The van der Waals surface area contributed by atoms with E-state index >= 15 is 0 Å². The molecule has 0 amide bonds. The summed E-state index contributed by atoms with van der Waals surface area (Å²) in [6, 6.07) is 4.90. The Morgan fingerprint density at radius 3 is 2.84 bits per heavy atom. The lowest BCUT2D eigenvalue weighted by molar-refractivity contribution is 0.0698. The number of nitrogens with two attached hydrogens (primary N) is 1. The molecule has 0 saturated heterocycles. The smallest absolute Gasteiger partial charge is 0.337 e. The third-order valence-electron chi connectivity index (χ3n) is 2.72. The average molecular weight is 277 g/mol. The number of aromatic nitrogens is 1. The summed E-state index contributed by atoms with van der Waals surface area (Å²) >= 11 is 1.60. The molecule has 0 saturated carbocycles. The van der Waals surface area contributed by atoms with Crippen LogP contribution >= 0.6 is 11.3 Å². The van der Waals surface area contributed by atoms with Crippen molar-refractivity contribution in [2.24, 2.45) is 0 Å². The van der Waals surface area contributed by atoms with Gasteiger partial charge in [-0.25, -0.2) is 9.78 Å². The predicted molar refractivity (Wildman–Crippen MR) is 76.7 cm³/mol. The molecule has 1 aromatic carbocycles. The number of thiazole rings is 1. The van der Waals surface area contributed by atoms with Gasteiger partial charge in [0, 0.05) is 11.1 Å². The second-order valence-electron chi connectivity index (χ2n) is 4.25. The zero-order valence-electron chi connectivity index (χ0n) is 10.7. The number of hydrogen-bond donors (Lipinski definition) is 3. The fourth-order valence-electron chi connectivity index (χ4n) is 1.74. The van der Waals surface area contributed by atoms with E-state index in [0.29, 0.717) is 5.69 Å². The van der Waals surface area contributed by atoms with Gasteiger partial charge in [-0.05, 0) is 26.0 Å². The number of aromatic carboxylic acids is 1. The van der Waals surface area contributed by atoms with Gasteiger partial charge >= 0.3 is 5.97 Å². The van der Waals surface area contributed by atoms with E-state index in [0.717, 1.165) is 9.88 Å². The van der Waals surface area contributed by atoms with Gasteiger partial charge in [0.25, 0.3) is 0 Å². The molecule has 0 fully saturated rings. The number of nitrogens with zero attached hydrogens (tertiary/aromatic N) is 1. The van der Waals surface area contributed by atoms with E-state index < -0.39 is 5.97 Å². The van der Waals surface area contributed by atoms with Gasteiger partial charge < -0.3 is 16.2 Å². The number of carbonyl (C=O) groups is 1. The first-order chi connectivity index (χ1) is 8.99. The number of carboxylic acids is 1. The van der Waals surface area contributed by atoms with Crippen molar-refractivity contribution < 1.29 is 9.90 Å². The fraction of sp³-hybridized carbons (Fsp3) is 0.231. The second-order valence-corrected chi connectivity index (χ2v) is 5.51. The Morgan fingerprint density at radius 2 is 2.26 bits per heavy atom. The number of aryl methyl sites for hydroxylation is 1. The van der Waals surface area contributed by atoms with Gasteiger partial charge in [-0.2, -0.15) is 0 Å². The van der Waals surface area contributed by atoms with Crippen LogP contribution in [0.3, 0.4) is 0 Å². The minimum absolute atomic E-state index is 0.0231. The van der Waals surface area contributed by atoms with Crippen LogP contribution in [0.5, 0.6) is 0 Å². The largest absolute Gasteiger partial charge is 0.478 e. The highest BCUT2D eigenvalue weighted by Crippen LogP contribution is 2.28. The topological polar surface area (TPSA) is 88.2 Å². The summed E-state index contributed by atoms with van der Waals surface area (Å²) in [5.74, 6) is -1.03. The SMILES string of the molecule is Cc1cnc(C(C)Nc2cccc(C(=O)O)c2N)s1. The Morgan fingerprint density at radius 1 is 1.53 bits per heavy atom. The van der Waals surface area contributed by atoms with Crippen molar-refractivity contribution in [3.8, 4) is 0 Å². The Hall–Kier alpha value is -2.08. The average Bonchev–Trinajstić information content (AvgIpc) is 2.78. The fourth-order valence-corrected chi connectivity index (χ4v) is 2.52. The molecule has 0 radical (unpaired) electrons. The first-order valence-electron chi connectivity index (χ1n) is 5.79. The van der Waals surface area contributed by atoms with E-state index in [1.54, 1.807) is 23.5 Å². The van der Waals surface area contributed by atoms with Crippen molar-refractivity contribution in [2.45, 2.75) is 19.9 Å². The maximum Gasteiger partial charge on any atom is 0.337 e. The van der Waals surface area contributed by atoms with Crippen LogP contribution in [0.4, 0.5) is 11.4 Å². The summed E-state index contributed by atoms with van der Waals surface area (Å²) in [6.45, 7) is 3.96. The van der Waals surface area contributed by atoms with Gasteiger partial charge in [0.05, 0.1) is 23.0 Å². The number of anilines is 2. The second kappa shape index (κ2) is 5.27. The number of hydrogen-bond acceptors (Lipinski definition) is 5. The van der Waals surface area contributed by atoms with E-state index in [1.807, 2.05) is 20.0 Å². The molecule has 5 nitrogen and oxygen atoms in total. The summed E-state index contributed by atoms with van der Waals surface area (Å²) in [4.78, 5) is 16.4. The highest BCUT2D eigenvalue weighted by molar-refractivity contribution is 7.11. The molecular formula is C13H15N3O2S. The maximum absolute atomic E-state index is 11.0. The van der Waals surface area contributed by atoms with Crippen LogP contribution in [0.15, 0.2) is 24.4 Å². The number of nitrogens with one attached hydrogen (secondary N) is 1. The molecule has 4 N–H and O–H groups in total. The molecule has 1 atom stereocenters. The normalized spacial score (nSPS) is 12.1. The monoisotopic (exact) mass is 277 g/mol. The summed E-state index contributed by atoms with van der Waals surface area (Å²) in [7, 11) is 0. The van der Waals surface area contributed by atoms with Crippen molar-refractivity contribution in [1.82, 2.24) is 4.98 Å². The van der Waals surface area contributed by atoms with Gasteiger partial charge in [0.15, 0.2) is 0 Å². The summed E-state index contributed by atoms with van der Waals surface area (Å²) in [6.07, 6.45) is 1.81. The van der Waals surface area contributed by atoms with E-state index in [4.69, 9.17) is 10.8 Å². The first-order valence-corrected chi connectivity index (χ1v) is 6.61. The van der Waals surface area contributed by atoms with Crippen LogP contribution in [0, 0.1) is 6.92 Å². The number of benzene rings is 1. The van der Waals surface area contributed by atoms with Crippen LogP contribution in [0.1, 0.15) is 33.2 Å². The molecule has 1 heterocycles. The minimum Gasteiger partial charge on any atom is -0.478 e. The van der Waals surface area contributed by atoms with E-state index in [9.17, 15) is 4.79 Å². The lowest BCUT2D eigenvalue weighted by atomic mass is 10.1. The lowest BCUT2D eigenvalue weighted by Gasteiger charge is -2.15. The van der Waals surface area contributed by atoms with Gasteiger partial charge in [0.1, 0.15) is 5.01 Å². The molecule has 6 heteroatoms. The number of rotatable bonds is 4. The third-order valence-corrected chi connectivity index (χ3v) is 3.81. The van der Waals surface area contributed by atoms with E-state index in [-0.39, 0.29) is 17.3 Å². The van der Waals surface area contributed by atoms with Crippen LogP contribution in [-0.2, 0) is 0 Å². The Kier molecular flexibility index (Phi) is 3.71. The molecule has 0 aliphatic heterocycles. The quantitative estimate of drug-likeness (QED) is 0.748. The Bertz CT molecular complexity index is 610. The summed E-state index contributed by atoms with van der Waals surface area (Å²) in [5.41, 5.74) is 6.82. The van der Waals surface area contributed by atoms with Crippen molar-refractivity contribution in [3.63, 3.8) is 0 Å². The molecule has 100 valence electrons. The molecule has 2 aromatic rings. The van der Waals surface area contributed by atoms with Crippen molar-refractivity contribution in [2.75, 3.05) is 11.1 Å². The predicted octanol–water partition coefficient (Wildman–Crippen LogP) is 2.91. The van der Waals surface area contributed by atoms with Crippen molar-refractivity contribution >= 4 is 28.7 Å². The number of para-hydroxylation sites is 1. The van der Waals surface area contributed by atoms with Gasteiger partial charge in [-0.3, -0.25) is 0 Å². The third kappa shape index (κ3) is 2.85. The van der Waals surface area contributed by atoms with E-state index in [2.05, 4.69) is 10.3 Å². The number of nitrogen functional groups attached to an aromatic ring is 1. The van der Waals surface area contributed by atoms with Crippen LogP contribution in [0.2, 0.25) is 0 Å². The molecule has 19 heavy (non-hydrogen) atoms. The highest BCUT2D eigenvalue weighted by Gasteiger charge is 2.14. The van der Waals surface area contributed by atoms with Crippen LogP contribution < -0.4 is 11.1 Å². The zero-order valence-corrected chi connectivity index (χ0v) is 11.5. The number of carboxylic acid groups (broad SMARTS) is 1. The molecule has 0 spiro atoms. The summed E-state index contributed by atoms with van der Waals surface area (Å²) < 4.78 is 0. The van der Waals surface area contributed by atoms with Crippen molar-refractivity contribution in [3.05, 3.63) is 39.8 Å². The first kappa shape index (κ1) is 13.4. The summed E-state index contributed by atoms with van der Waals surface area (Å²) in [5, 5.41) is 13.2. The van der Waals surface area contributed by atoms with Gasteiger partial charge in [-0.15, -0.1) is 11.3 Å². The van der Waals surface area contributed by atoms with Crippen molar-refractivity contribution in [1.29, 1.82) is 0 Å². The van der Waals surface area contributed by atoms with Gasteiger partial charge in [-0.1, -0.05) is 6.07 Å². The molecule has 1 unspecified atom stereocenters. The lowest BCUT2D eigenvalue weighted by Crippen LogP contribution is -2.10. The molecule has 1 aromatic heterocycles. The van der Waals surface area contributed by atoms with Crippen LogP contribution in [0.25, 0.3) is 0 Å². The molecule has 0 bridgehead atoms. The maximum atomic E-state index is 11.0. The molecule has 0 aliphatic rings. The van der Waals surface area contributed by atoms with Crippen LogP contribution in [-0.4, -0.2) is 16.1 Å². The highest BCUT2D eigenvalue weighted by atomic mass is 32.1. The minimum atomic E-state index is -1.03. The molecule has 0 aliphatic carbocycles. The van der Waals surface area contributed by atoms with E-state index in [1.165, 1.54) is 6.07 Å². The Labute approximate surface area is 115 Å².